The van der Waals surface area contributed by atoms with E-state index >= 15 is 0 Å². The Balaban J connectivity index is 2.02. The fraction of sp³-hybridized carbons (Fsp3) is 0.333. The highest BCUT2D eigenvalue weighted by Gasteiger charge is 2.24. The minimum atomic E-state index is -0.568. The normalized spacial score (nSPS) is 12.9. The summed E-state index contributed by atoms with van der Waals surface area (Å²) in [6, 6.07) is 17.8. The highest BCUT2D eigenvalue weighted by atomic mass is 16.6. The number of nitrogens with zero attached hydrogens (tertiary/aromatic N) is 2. The molecule has 0 spiro atoms. The Kier molecular flexibility index (Phi) is 5.09. The summed E-state index contributed by atoms with van der Waals surface area (Å²) in [4.78, 5) is 17.5. The van der Waals surface area contributed by atoms with Gasteiger partial charge in [0.2, 0.25) is 0 Å². The molecular formula is C21H25N3O2. The largest absolute Gasteiger partial charge is 0.443 e. The summed E-state index contributed by atoms with van der Waals surface area (Å²) in [6.45, 7) is 5.60. The third-order valence-corrected chi connectivity index (χ3v) is 4.14. The molecule has 1 heterocycles. The molecule has 0 radical (unpaired) electrons. The van der Waals surface area contributed by atoms with Gasteiger partial charge in [0.15, 0.2) is 0 Å². The van der Waals surface area contributed by atoms with E-state index < -0.39 is 11.7 Å². The van der Waals surface area contributed by atoms with Gasteiger partial charge in [0.1, 0.15) is 11.4 Å². The van der Waals surface area contributed by atoms with E-state index in [2.05, 4.69) is 17.4 Å². The topological polar surface area (TPSA) is 56.2 Å². The van der Waals surface area contributed by atoms with Crippen LogP contribution in [0.4, 0.5) is 4.79 Å². The number of fused-ring (bicyclic) bond motifs is 1. The Labute approximate surface area is 154 Å². The number of benzene rings is 2. The molecule has 0 aliphatic heterocycles. The van der Waals surface area contributed by atoms with Crippen molar-refractivity contribution in [2.45, 2.75) is 38.8 Å². The molecular weight excluding hydrogens is 326 g/mol. The van der Waals surface area contributed by atoms with Crippen molar-refractivity contribution in [2.75, 3.05) is 7.05 Å². The molecule has 1 atom stereocenters. The van der Waals surface area contributed by atoms with Gasteiger partial charge in [-0.2, -0.15) is 0 Å². The van der Waals surface area contributed by atoms with Crippen LogP contribution in [0, 0.1) is 0 Å². The Hall–Kier alpha value is -2.66. The number of nitrogens with one attached hydrogen (secondary N) is 1. The highest BCUT2D eigenvalue weighted by Crippen LogP contribution is 2.23. The van der Waals surface area contributed by atoms with Gasteiger partial charge in [-0.25, -0.2) is 14.3 Å². The fourth-order valence-electron chi connectivity index (χ4n) is 2.98. The lowest BCUT2D eigenvalue weighted by Crippen LogP contribution is -2.29. The van der Waals surface area contributed by atoms with Crippen molar-refractivity contribution >= 4 is 17.1 Å². The zero-order valence-corrected chi connectivity index (χ0v) is 15.7. The first-order valence-corrected chi connectivity index (χ1v) is 8.81. The lowest BCUT2D eigenvalue weighted by atomic mass is 10.0. The number of aromatic nitrogens is 2. The lowest BCUT2D eigenvalue weighted by molar-refractivity contribution is 0.0538. The number of imidazole rings is 1. The van der Waals surface area contributed by atoms with E-state index in [9.17, 15) is 4.79 Å². The van der Waals surface area contributed by atoms with Gasteiger partial charge in [0, 0.05) is 12.5 Å². The molecule has 26 heavy (non-hydrogen) atoms. The Morgan fingerprint density at radius 2 is 1.77 bits per heavy atom. The summed E-state index contributed by atoms with van der Waals surface area (Å²) < 4.78 is 7.21. The van der Waals surface area contributed by atoms with Gasteiger partial charge < -0.3 is 10.1 Å². The summed E-state index contributed by atoms with van der Waals surface area (Å²) in [5.74, 6) is 0.684. The van der Waals surface area contributed by atoms with E-state index in [1.807, 2.05) is 70.3 Å². The third kappa shape index (κ3) is 3.94. The highest BCUT2D eigenvalue weighted by molar-refractivity contribution is 5.87. The molecule has 2 aromatic carbocycles. The zero-order valence-electron chi connectivity index (χ0n) is 15.7. The number of para-hydroxylation sites is 2. The maximum atomic E-state index is 12.8. The minimum Gasteiger partial charge on any atom is -0.443 e. The smallest absolute Gasteiger partial charge is 0.420 e. The van der Waals surface area contributed by atoms with Gasteiger partial charge in [-0.3, -0.25) is 0 Å². The van der Waals surface area contributed by atoms with Crippen LogP contribution >= 0.6 is 0 Å². The van der Waals surface area contributed by atoms with Gasteiger partial charge in [-0.15, -0.1) is 0 Å². The molecule has 0 aliphatic rings. The van der Waals surface area contributed by atoms with Crippen LogP contribution in [0.15, 0.2) is 54.6 Å². The monoisotopic (exact) mass is 351 g/mol. The molecule has 1 unspecified atom stereocenters. The Bertz CT molecular complexity index is 895. The van der Waals surface area contributed by atoms with E-state index in [0.717, 1.165) is 16.6 Å². The molecule has 0 aliphatic carbocycles. The van der Waals surface area contributed by atoms with Gasteiger partial charge in [-0.1, -0.05) is 42.5 Å². The SMILES string of the molecule is CNC(Cc1nc2ccccc2n1C(=O)OC(C)(C)C)c1ccccc1. The lowest BCUT2D eigenvalue weighted by Gasteiger charge is -2.21. The Morgan fingerprint density at radius 1 is 1.12 bits per heavy atom. The average molecular weight is 351 g/mol. The summed E-state index contributed by atoms with van der Waals surface area (Å²) in [7, 11) is 1.91. The second kappa shape index (κ2) is 7.30. The summed E-state index contributed by atoms with van der Waals surface area (Å²) in [5, 5.41) is 3.32. The quantitative estimate of drug-likeness (QED) is 0.760. The molecule has 3 aromatic rings. The summed E-state index contributed by atoms with van der Waals surface area (Å²) >= 11 is 0. The van der Waals surface area contributed by atoms with Gasteiger partial charge in [-0.05, 0) is 45.5 Å². The molecule has 1 aromatic heterocycles. The second-order valence-corrected chi connectivity index (χ2v) is 7.29. The third-order valence-electron chi connectivity index (χ3n) is 4.14. The van der Waals surface area contributed by atoms with Crippen LogP contribution < -0.4 is 5.32 Å². The fourth-order valence-corrected chi connectivity index (χ4v) is 2.98. The minimum absolute atomic E-state index is 0.0502. The number of carbonyl (C=O) groups is 1. The van der Waals surface area contributed by atoms with Crippen molar-refractivity contribution in [1.82, 2.24) is 14.9 Å². The van der Waals surface area contributed by atoms with Crippen LogP contribution in [0.3, 0.4) is 0 Å². The first kappa shape index (κ1) is 18.1. The van der Waals surface area contributed by atoms with Crippen molar-refractivity contribution in [2.24, 2.45) is 0 Å². The molecule has 0 saturated carbocycles. The standard InChI is InChI=1S/C21H25N3O2/c1-21(2,3)26-20(25)24-18-13-9-8-12-16(18)23-19(24)14-17(22-4)15-10-6-5-7-11-15/h5-13,17,22H,14H2,1-4H3. The second-order valence-electron chi connectivity index (χ2n) is 7.29. The molecule has 0 saturated heterocycles. The van der Waals surface area contributed by atoms with Gasteiger partial charge in [0.25, 0.3) is 0 Å². The molecule has 5 nitrogen and oxygen atoms in total. The molecule has 3 rings (SSSR count). The predicted octanol–water partition coefficient (Wildman–Crippen LogP) is 4.32. The van der Waals surface area contributed by atoms with Gasteiger partial charge >= 0.3 is 6.09 Å². The number of ether oxygens (including phenoxy) is 1. The predicted molar refractivity (Wildman–Crippen MR) is 103 cm³/mol. The first-order chi connectivity index (χ1) is 12.4. The molecule has 0 bridgehead atoms. The van der Waals surface area contributed by atoms with E-state index in [4.69, 9.17) is 9.72 Å². The van der Waals surface area contributed by atoms with Crippen molar-refractivity contribution in [3.05, 3.63) is 66.0 Å². The first-order valence-electron chi connectivity index (χ1n) is 8.81. The van der Waals surface area contributed by atoms with Crippen molar-refractivity contribution in [3.63, 3.8) is 0 Å². The maximum Gasteiger partial charge on any atom is 0.420 e. The van der Waals surface area contributed by atoms with Crippen LogP contribution in [-0.2, 0) is 11.2 Å². The molecule has 1 N–H and O–H groups in total. The number of hydrogen-bond donors (Lipinski definition) is 1. The van der Waals surface area contributed by atoms with E-state index in [1.165, 1.54) is 0 Å². The average Bonchev–Trinajstić information content (AvgIpc) is 2.97. The van der Waals surface area contributed by atoms with Crippen molar-refractivity contribution in [1.29, 1.82) is 0 Å². The van der Waals surface area contributed by atoms with Gasteiger partial charge in [0.05, 0.1) is 11.0 Å². The van der Waals surface area contributed by atoms with Crippen molar-refractivity contribution < 1.29 is 9.53 Å². The number of likely N-dealkylation sites (N-methyl/N-ethyl adjacent to an activating group) is 1. The van der Waals surface area contributed by atoms with Crippen LogP contribution in [0.5, 0.6) is 0 Å². The van der Waals surface area contributed by atoms with E-state index in [-0.39, 0.29) is 6.04 Å². The zero-order chi connectivity index (χ0) is 18.7. The molecule has 136 valence electrons. The molecule has 5 heteroatoms. The van der Waals surface area contributed by atoms with Crippen molar-refractivity contribution in [3.8, 4) is 0 Å². The van der Waals surface area contributed by atoms with E-state index in [0.29, 0.717) is 12.2 Å². The maximum absolute atomic E-state index is 12.8. The van der Waals surface area contributed by atoms with Crippen LogP contribution in [0.1, 0.15) is 38.2 Å². The molecule has 0 amide bonds. The Morgan fingerprint density at radius 3 is 2.42 bits per heavy atom. The number of carbonyl (C=O) groups excluding carboxylic acids is 1. The molecule has 0 fully saturated rings. The van der Waals surface area contributed by atoms with E-state index in [1.54, 1.807) is 4.57 Å². The summed E-state index contributed by atoms with van der Waals surface area (Å²) in [6.07, 6.45) is 0.179. The summed E-state index contributed by atoms with van der Waals surface area (Å²) in [5.41, 5.74) is 2.13. The number of rotatable bonds is 4. The van der Waals surface area contributed by atoms with Crippen LogP contribution in [0.25, 0.3) is 11.0 Å². The number of hydrogen-bond acceptors (Lipinski definition) is 4. The van der Waals surface area contributed by atoms with Crippen LogP contribution in [-0.4, -0.2) is 28.3 Å². The van der Waals surface area contributed by atoms with Crippen LogP contribution in [0.2, 0.25) is 0 Å².